The van der Waals surface area contributed by atoms with Crippen molar-refractivity contribution in [3.05, 3.63) is 47.2 Å². The molecule has 0 unspecified atom stereocenters. The van der Waals surface area contributed by atoms with Crippen molar-refractivity contribution in [1.29, 1.82) is 5.26 Å². The number of nitrogens with zero attached hydrogens (tertiary/aromatic N) is 2. The van der Waals surface area contributed by atoms with Crippen LogP contribution in [-0.4, -0.2) is 26.9 Å². The van der Waals surface area contributed by atoms with Gasteiger partial charge in [0.1, 0.15) is 11.8 Å². The van der Waals surface area contributed by atoms with Crippen LogP contribution in [0.3, 0.4) is 0 Å². The van der Waals surface area contributed by atoms with Gasteiger partial charge in [0, 0.05) is 12.0 Å². The number of carboxylic acid groups (broad SMARTS) is 1. The van der Waals surface area contributed by atoms with Gasteiger partial charge in [-0.1, -0.05) is 29.8 Å². The third-order valence-corrected chi connectivity index (χ3v) is 3.29. The molecule has 0 saturated carbocycles. The first kappa shape index (κ1) is 16.2. The van der Waals surface area contributed by atoms with E-state index in [9.17, 15) is 14.7 Å². The average Bonchev–Trinajstić information content (AvgIpc) is 2.53. The van der Waals surface area contributed by atoms with Crippen LogP contribution in [0.2, 0.25) is 0 Å². The van der Waals surface area contributed by atoms with Crippen LogP contribution < -0.4 is 0 Å². The lowest BCUT2D eigenvalue weighted by molar-refractivity contribution is -0.136. The number of benzene rings is 1. The lowest BCUT2D eigenvalue weighted by atomic mass is 10.0. The zero-order chi connectivity index (χ0) is 17.0. The number of aliphatic carboxylic acids is 1. The lowest BCUT2D eigenvalue weighted by Gasteiger charge is -2.08. The molecule has 6 heteroatoms. The van der Waals surface area contributed by atoms with Gasteiger partial charge >= 0.3 is 5.97 Å². The number of nitriles is 1. The summed E-state index contributed by atoms with van der Waals surface area (Å²) in [7, 11) is 0. The van der Waals surface area contributed by atoms with Crippen molar-refractivity contribution in [2.45, 2.75) is 19.8 Å². The summed E-state index contributed by atoms with van der Waals surface area (Å²) in [6.07, 6.45) is -0.658. The van der Waals surface area contributed by atoms with E-state index in [0.717, 1.165) is 5.56 Å². The predicted molar refractivity (Wildman–Crippen MR) is 82.0 cm³/mol. The van der Waals surface area contributed by atoms with E-state index in [-0.39, 0.29) is 24.1 Å². The van der Waals surface area contributed by atoms with Crippen LogP contribution in [0, 0.1) is 18.3 Å². The Bertz CT molecular complexity index is 805. The van der Waals surface area contributed by atoms with E-state index in [1.807, 2.05) is 25.1 Å². The summed E-state index contributed by atoms with van der Waals surface area (Å²) in [4.78, 5) is 26.8. The van der Waals surface area contributed by atoms with Crippen molar-refractivity contribution in [3.63, 3.8) is 0 Å². The SMILES string of the molecule is Cc1ccc(-c2cc(C#N)c(O)c(C(=O)CCC(=O)O)n2)cc1. The molecule has 1 aromatic heterocycles. The first-order chi connectivity index (χ1) is 10.9. The zero-order valence-corrected chi connectivity index (χ0v) is 12.4. The van der Waals surface area contributed by atoms with E-state index in [1.165, 1.54) is 6.07 Å². The predicted octanol–water partition coefficient (Wildman–Crippen LogP) is 2.68. The van der Waals surface area contributed by atoms with Crippen LogP contribution in [0.25, 0.3) is 11.3 Å². The molecule has 0 amide bonds. The summed E-state index contributed by atoms with van der Waals surface area (Å²) in [5.41, 5.74) is 1.76. The number of carbonyl (C=O) groups is 2. The number of aryl methyl sites for hydroxylation is 1. The lowest BCUT2D eigenvalue weighted by Crippen LogP contribution is -2.07. The number of aromatic hydroxyl groups is 1. The highest BCUT2D eigenvalue weighted by molar-refractivity contribution is 5.99. The van der Waals surface area contributed by atoms with E-state index < -0.39 is 17.5 Å². The maximum absolute atomic E-state index is 12.1. The molecule has 0 saturated heterocycles. The van der Waals surface area contributed by atoms with Crippen molar-refractivity contribution in [2.75, 3.05) is 0 Å². The fraction of sp³-hybridized carbons (Fsp3) is 0.176. The van der Waals surface area contributed by atoms with Gasteiger partial charge in [-0.2, -0.15) is 5.26 Å². The highest BCUT2D eigenvalue weighted by Gasteiger charge is 2.19. The third kappa shape index (κ3) is 3.71. The maximum atomic E-state index is 12.1. The van der Waals surface area contributed by atoms with Gasteiger partial charge in [-0.3, -0.25) is 9.59 Å². The second-order valence-electron chi connectivity index (χ2n) is 5.05. The molecular weight excluding hydrogens is 296 g/mol. The highest BCUT2D eigenvalue weighted by atomic mass is 16.4. The maximum Gasteiger partial charge on any atom is 0.303 e. The van der Waals surface area contributed by atoms with Crippen molar-refractivity contribution in [3.8, 4) is 23.1 Å². The fourth-order valence-electron chi connectivity index (χ4n) is 2.03. The van der Waals surface area contributed by atoms with Crippen LogP contribution in [0.5, 0.6) is 5.75 Å². The normalized spacial score (nSPS) is 10.1. The molecule has 0 radical (unpaired) electrons. The van der Waals surface area contributed by atoms with Crippen LogP contribution in [0.1, 0.15) is 34.5 Å². The molecule has 0 aliphatic carbocycles. The van der Waals surface area contributed by atoms with Crippen molar-refractivity contribution >= 4 is 11.8 Å². The Morgan fingerprint density at radius 2 is 1.87 bits per heavy atom. The topological polar surface area (TPSA) is 111 Å². The van der Waals surface area contributed by atoms with Gasteiger partial charge in [0.15, 0.2) is 11.5 Å². The standard InChI is InChI=1S/C17H14N2O4/c1-10-2-4-11(5-3-10)13-8-12(9-18)17(23)16(19-13)14(20)6-7-15(21)22/h2-5,8,23H,6-7H2,1H3,(H,21,22). The zero-order valence-electron chi connectivity index (χ0n) is 12.4. The molecule has 116 valence electrons. The quantitative estimate of drug-likeness (QED) is 0.821. The van der Waals surface area contributed by atoms with Crippen LogP contribution in [-0.2, 0) is 4.79 Å². The number of pyridine rings is 1. The number of hydrogen-bond acceptors (Lipinski definition) is 5. The Morgan fingerprint density at radius 3 is 2.43 bits per heavy atom. The molecule has 0 aliphatic heterocycles. The molecule has 23 heavy (non-hydrogen) atoms. The van der Waals surface area contributed by atoms with Crippen molar-refractivity contribution < 1.29 is 19.8 Å². The smallest absolute Gasteiger partial charge is 0.303 e. The molecule has 6 nitrogen and oxygen atoms in total. The minimum absolute atomic E-state index is 0.0748. The van der Waals surface area contributed by atoms with E-state index >= 15 is 0 Å². The summed E-state index contributed by atoms with van der Waals surface area (Å²) in [5, 5.41) is 27.8. The van der Waals surface area contributed by atoms with Gasteiger partial charge in [0.05, 0.1) is 17.7 Å². The van der Waals surface area contributed by atoms with Gasteiger partial charge in [-0.15, -0.1) is 0 Å². The second kappa shape index (κ2) is 6.71. The van der Waals surface area contributed by atoms with Crippen LogP contribution >= 0.6 is 0 Å². The fourth-order valence-corrected chi connectivity index (χ4v) is 2.03. The third-order valence-electron chi connectivity index (χ3n) is 3.29. The number of carbonyl (C=O) groups excluding carboxylic acids is 1. The summed E-state index contributed by atoms with van der Waals surface area (Å²) in [5.74, 6) is -2.25. The number of Topliss-reactive ketones (excluding diaryl/α,β-unsaturated/α-hetero) is 1. The Hall–Kier alpha value is -3.20. The number of hydrogen-bond donors (Lipinski definition) is 2. The Kier molecular flexibility index (Phi) is 4.72. The Labute approximate surface area is 132 Å². The van der Waals surface area contributed by atoms with Gasteiger partial charge in [-0.05, 0) is 13.0 Å². The minimum atomic E-state index is -1.12. The number of ketones is 1. The number of aromatic nitrogens is 1. The van der Waals surface area contributed by atoms with E-state index in [0.29, 0.717) is 11.3 Å². The molecule has 0 bridgehead atoms. The van der Waals surface area contributed by atoms with E-state index in [2.05, 4.69) is 4.98 Å². The molecular formula is C17H14N2O4. The van der Waals surface area contributed by atoms with Crippen molar-refractivity contribution in [1.82, 2.24) is 4.98 Å². The molecule has 1 aromatic carbocycles. The van der Waals surface area contributed by atoms with Gasteiger partial charge in [0.2, 0.25) is 0 Å². The first-order valence-electron chi connectivity index (χ1n) is 6.88. The Morgan fingerprint density at radius 1 is 1.22 bits per heavy atom. The molecule has 0 spiro atoms. The Balaban J connectivity index is 2.48. The highest BCUT2D eigenvalue weighted by Crippen LogP contribution is 2.28. The average molecular weight is 310 g/mol. The monoisotopic (exact) mass is 310 g/mol. The minimum Gasteiger partial charge on any atom is -0.504 e. The van der Waals surface area contributed by atoms with Gasteiger partial charge in [0.25, 0.3) is 0 Å². The molecule has 0 fully saturated rings. The molecule has 0 aliphatic rings. The number of carboxylic acids is 1. The van der Waals surface area contributed by atoms with E-state index in [4.69, 9.17) is 10.4 Å². The van der Waals surface area contributed by atoms with E-state index in [1.54, 1.807) is 12.1 Å². The van der Waals surface area contributed by atoms with Crippen molar-refractivity contribution in [2.24, 2.45) is 0 Å². The molecule has 0 atom stereocenters. The molecule has 2 aromatic rings. The van der Waals surface area contributed by atoms with Gasteiger partial charge < -0.3 is 10.2 Å². The second-order valence-corrected chi connectivity index (χ2v) is 5.05. The summed E-state index contributed by atoms with van der Waals surface area (Å²) >= 11 is 0. The van der Waals surface area contributed by atoms with Crippen LogP contribution in [0.4, 0.5) is 0 Å². The summed E-state index contributed by atoms with van der Waals surface area (Å²) < 4.78 is 0. The first-order valence-corrected chi connectivity index (χ1v) is 6.88. The molecule has 2 N–H and O–H groups in total. The summed E-state index contributed by atoms with van der Waals surface area (Å²) in [6, 6.07) is 10.5. The van der Waals surface area contributed by atoms with Gasteiger partial charge in [-0.25, -0.2) is 4.98 Å². The number of rotatable bonds is 5. The largest absolute Gasteiger partial charge is 0.504 e. The molecule has 2 rings (SSSR count). The van der Waals surface area contributed by atoms with Crippen LogP contribution in [0.15, 0.2) is 30.3 Å². The summed E-state index contributed by atoms with van der Waals surface area (Å²) in [6.45, 7) is 1.93. The molecule has 1 heterocycles.